The van der Waals surface area contributed by atoms with Crippen molar-refractivity contribution in [1.29, 1.82) is 0 Å². The van der Waals surface area contributed by atoms with Gasteiger partial charge in [-0.25, -0.2) is 4.79 Å². The Morgan fingerprint density at radius 2 is 2.10 bits per heavy atom. The number of aromatic carboxylic acids is 1. The third kappa shape index (κ3) is 4.23. The number of nitro groups is 1. The quantitative estimate of drug-likeness (QED) is 0.510. The van der Waals surface area contributed by atoms with Crippen molar-refractivity contribution in [2.75, 3.05) is 18.4 Å². The van der Waals surface area contributed by atoms with Gasteiger partial charge in [-0.2, -0.15) is 0 Å². The minimum absolute atomic E-state index is 0.154. The molecule has 0 aromatic heterocycles. The maximum atomic E-state index is 11.2. The highest BCUT2D eigenvalue weighted by Crippen LogP contribution is 2.22. The molecule has 0 unspecified atom stereocenters. The van der Waals surface area contributed by atoms with Gasteiger partial charge in [-0.1, -0.05) is 0 Å². The number of nitrogens with one attached hydrogen (secondary N) is 2. The van der Waals surface area contributed by atoms with E-state index in [2.05, 4.69) is 10.6 Å². The zero-order valence-corrected chi connectivity index (χ0v) is 10.9. The molecule has 20 heavy (non-hydrogen) atoms. The summed E-state index contributed by atoms with van der Waals surface area (Å²) >= 11 is 0. The van der Waals surface area contributed by atoms with Crippen LogP contribution in [0.15, 0.2) is 18.2 Å². The summed E-state index contributed by atoms with van der Waals surface area (Å²) in [5, 5.41) is 25.0. The summed E-state index contributed by atoms with van der Waals surface area (Å²) in [4.78, 5) is 32.2. The molecule has 8 nitrogen and oxygen atoms in total. The van der Waals surface area contributed by atoms with Crippen molar-refractivity contribution in [3.63, 3.8) is 0 Å². The number of carbonyl (C=O) groups is 2. The molecular weight excluding hydrogens is 266 g/mol. The number of anilines is 1. The molecule has 1 amide bonds. The van der Waals surface area contributed by atoms with Gasteiger partial charge in [0.05, 0.1) is 10.5 Å². The summed E-state index contributed by atoms with van der Waals surface area (Å²) < 4.78 is 0. The lowest BCUT2D eigenvalue weighted by Crippen LogP contribution is -2.25. The van der Waals surface area contributed by atoms with Gasteiger partial charge in [-0.05, 0) is 13.0 Å². The first kappa shape index (κ1) is 15.4. The topological polar surface area (TPSA) is 122 Å². The van der Waals surface area contributed by atoms with Crippen LogP contribution in [0.25, 0.3) is 0 Å². The van der Waals surface area contributed by atoms with E-state index in [4.69, 9.17) is 5.11 Å². The molecule has 3 N–H and O–H groups in total. The Morgan fingerprint density at radius 3 is 2.65 bits per heavy atom. The molecule has 8 heteroatoms. The Balaban J connectivity index is 2.77. The number of hydrogen-bond donors (Lipinski definition) is 3. The molecule has 1 rings (SSSR count). The number of non-ortho nitro benzene ring substituents is 1. The molecule has 0 radical (unpaired) electrons. The molecule has 0 bridgehead atoms. The van der Waals surface area contributed by atoms with Crippen molar-refractivity contribution in [3.8, 4) is 0 Å². The highest BCUT2D eigenvalue weighted by atomic mass is 16.6. The van der Waals surface area contributed by atoms with E-state index in [9.17, 15) is 19.7 Å². The van der Waals surface area contributed by atoms with Gasteiger partial charge in [0.15, 0.2) is 0 Å². The summed E-state index contributed by atoms with van der Waals surface area (Å²) in [6.45, 7) is 2.56. The molecule has 0 saturated heterocycles. The lowest BCUT2D eigenvalue weighted by atomic mass is 10.1. The van der Waals surface area contributed by atoms with E-state index in [0.29, 0.717) is 6.54 Å². The normalized spacial score (nSPS) is 9.85. The second-order valence-electron chi connectivity index (χ2n) is 3.92. The predicted molar refractivity (Wildman–Crippen MR) is 71.8 cm³/mol. The van der Waals surface area contributed by atoms with Crippen molar-refractivity contribution in [3.05, 3.63) is 33.9 Å². The van der Waals surface area contributed by atoms with E-state index in [-0.39, 0.29) is 35.8 Å². The van der Waals surface area contributed by atoms with Gasteiger partial charge in [0.25, 0.3) is 5.69 Å². The van der Waals surface area contributed by atoms with Crippen molar-refractivity contribution < 1.29 is 19.6 Å². The first-order valence-corrected chi connectivity index (χ1v) is 5.98. The smallest absolute Gasteiger partial charge is 0.338 e. The zero-order valence-electron chi connectivity index (χ0n) is 10.9. The summed E-state index contributed by atoms with van der Waals surface area (Å²) in [6, 6.07) is 3.51. The van der Waals surface area contributed by atoms with Crippen LogP contribution >= 0.6 is 0 Å². The van der Waals surface area contributed by atoms with E-state index in [1.54, 1.807) is 6.92 Å². The molecule has 1 aromatic carbocycles. The fourth-order valence-electron chi connectivity index (χ4n) is 1.57. The monoisotopic (exact) mass is 281 g/mol. The number of hydrogen-bond acceptors (Lipinski definition) is 5. The lowest BCUT2D eigenvalue weighted by molar-refractivity contribution is -0.384. The third-order valence-corrected chi connectivity index (χ3v) is 2.49. The van der Waals surface area contributed by atoms with E-state index >= 15 is 0 Å². The molecule has 0 aliphatic rings. The maximum absolute atomic E-state index is 11.2. The van der Waals surface area contributed by atoms with E-state index < -0.39 is 10.9 Å². The summed E-state index contributed by atoms with van der Waals surface area (Å²) in [6.07, 6.45) is 0.184. The molecule has 1 aromatic rings. The highest BCUT2D eigenvalue weighted by molar-refractivity contribution is 5.95. The molecule has 0 heterocycles. The van der Waals surface area contributed by atoms with Gasteiger partial charge in [0, 0.05) is 37.3 Å². The predicted octanol–water partition coefficient (Wildman–Crippen LogP) is 1.23. The van der Waals surface area contributed by atoms with Crippen molar-refractivity contribution >= 4 is 23.3 Å². The minimum Gasteiger partial charge on any atom is -0.478 e. The molecule has 0 aliphatic heterocycles. The van der Waals surface area contributed by atoms with Crippen LogP contribution in [0.3, 0.4) is 0 Å². The molecule has 108 valence electrons. The highest BCUT2D eigenvalue weighted by Gasteiger charge is 2.15. The first-order valence-electron chi connectivity index (χ1n) is 5.98. The largest absolute Gasteiger partial charge is 0.478 e. The van der Waals surface area contributed by atoms with Gasteiger partial charge in [-0.15, -0.1) is 0 Å². The molecule has 0 aliphatic carbocycles. The number of benzene rings is 1. The first-order chi connectivity index (χ1) is 9.45. The third-order valence-electron chi connectivity index (χ3n) is 2.49. The van der Waals surface area contributed by atoms with Crippen LogP contribution in [-0.2, 0) is 4.79 Å². The Kier molecular flexibility index (Phi) is 5.45. The van der Waals surface area contributed by atoms with E-state index in [1.165, 1.54) is 12.1 Å². The Bertz CT molecular complexity index is 530. The van der Waals surface area contributed by atoms with Crippen LogP contribution in [0.5, 0.6) is 0 Å². The fourth-order valence-corrected chi connectivity index (χ4v) is 1.57. The number of nitrogens with zero attached hydrogens (tertiary/aromatic N) is 1. The van der Waals surface area contributed by atoms with Crippen LogP contribution in [0, 0.1) is 10.1 Å². The van der Waals surface area contributed by atoms with Crippen LogP contribution in [0.4, 0.5) is 11.4 Å². The van der Waals surface area contributed by atoms with Crippen molar-refractivity contribution in [2.24, 2.45) is 0 Å². The molecular formula is C12H15N3O5. The Labute approximate surface area is 114 Å². The van der Waals surface area contributed by atoms with E-state index in [0.717, 1.165) is 6.07 Å². The average Bonchev–Trinajstić information content (AvgIpc) is 2.38. The van der Waals surface area contributed by atoms with Gasteiger partial charge >= 0.3 is 5.97 Å². The number of carboxylic acid groups (broad SMARTS) is 1. The second-order valence-corrected chi connectivity index (χ2v) is 3.92. The van der Waals surface area contributed by atoms with Crippen LogP contribution in [0.2, 0.25) is 0 Å². The van der Waals surface area contributed by atoms with Gasteiger partial charge in [0.1, 0.15) is 0 Å². The Morgan fingerprint density at radius 1 is 1.40 bits per heavy atom. The molecule has 0 spiro atoms. The lowest BCUT2D eigenvalue weighted by Gasteiger charge is -2.09. The number of carboxylic acids is 1. The summed E-state index contributed by atoms with van der Waals surface area (Å²) in [5.74, 6) is -1.42. The number of nitro benzene ring substituents is 1. The van der Waals surface area contributed by atoms with Crippen LogP contribution < -0.4 is 10.6 Å². The van der Waals surface area contributed by atoms with Gasteiger partial charge in [-0.3, -0.25) is 14.9 Å². The number of amides is 1. The maximum Gasteiger partial charge on any atom is 0.338 e. The van der Waals surface area contributed by atoms with Gasteiger partial charge < -0.3 is 15.7 Å². The van der Waals surface area contributed by atoms with Crippen LogP contribution in [0.1, 0.15) is 23.7 Å². The number of rotatable bonds is 7. The van der Waals surface area contributed by atoms with E-state index in [1.807, 2.05) is 0 Å². The summed E-state index contributed by atoms with van der Waals surface area (Å²) in [5.41, 5.74) is -0.251. The molecule has 0 saturated carbocycles. The average molecular weight is 281 g/mol. The number of carbonyl (C=O) groups excluding carboxylic acids is 1. The fraction of sp³-hybridized carbons (Fsp3) is 0.333. The minimum atomic E-state index is -1.27. The van der Waals surface area contributed by atoms with Crippen molar-refractivity contribution in [1.82, 2.24) is 5.32 Å². The van der Waals surface area contributed by atoms with Crippen molar-refractivity contribution in [2.45, 2.75) is 13.3 Å². The molecule has 0 atom stereocenters. The standard InChI is InChI=1S/C12H15N3O5/c1-2-13-11(16)5-6-14-10-4-3-8(15(19)20)7-9(10)12(17)18/h3-4,7,14H,2,5-6H2,1H3,(H,13,16)(H,17,18). The second kappa shape index (κ2) is 7.07. The van der Waals surface area contributed by atoms with Gasteiger partial charge in [0.2, 0.25) is 5.91 Å². The molecule has 0 fully saturated rings. The van der Waals surface area contributed by atoms with Crippen LogP contribution in [-0.4, -0.2) is 35.0 Å². The zero-order chi connectivity index (χ0) is 15.1. The SMILES string of the molecule is CCNC(=O)CCNc1ccc([N+](=O)[O-])cc1C(=O)O. The Hall–Kier alpha value is -2.64. The summed E-state index contributed by atoms with van der Waals surface area (Å²) in [7, 11) is 0.